The first kappa shape index (κ1) is 41.3. The van der Waals surface area contributed by atoms with E-state index in [0.29, 0.717) is 17.7 Å². The minimum absolute atomic E-state index is 0.0923. The summed E-state index contributed by atoms with van der Waals surface area (Å²) in [5, 5.41) is 15.3. The van der Waals surface area contributed by atoms with Crippen molar-refractivity contribution < 1.29 is 38.6 Å². The lowest BCUT2D eigenvalue weighted by Gasteiger charge is -2.32. The van der Waals surface area contributed by atoms with Crippen LogP contribution in [0.3, 0.4) is 0 Å². The minimum atomic E-state index is -1.31. The van der Waals surface area contributed by atoms with Gasteiger partial charge in [-0.25, -0.2) is 0 Å². The quantitative estimate of drug-likeness (QED) is 0.0557. The highest BCUT2D eigenvalue weighted by molar-refractivity contribution is 5.90. The fourth-order valence-corrected chi connectivity index (χ4v) is 5.12. The van der Waals surface area contributed by atoms with Gasteiger partial charge < -0.3 is 25.2 Å². The number of hydrogen-bond donors (Lipinski definition) is 3. The Hall–Kier alpha value is -3.69. The fourth-order valence-electron chi connectivity index (χ4n) is 5.12. The molecule has 1 aromatic rings. The Balaban J connectivity index is 2.45. The third-order valence-corrected chi connectivity index (χ3v) is 7.92. The van der Waals surface area contributed by atoms with E-state index in [4.69, 9.17) is 9.47 Å². The van der Waals surface area contributed by atoms with Crippen molar-refractivity contribution in [3.8, 4) is 0 Å². The van der Waals surface area contributed by atoms with Crippen molar-refractivity contribution in [1.82, 2.24) is 5.32 Å². The Labute approximate surface area is 281 Å². The second-order valence-corrected chi connectivity index (χ2v) is 12.9. The summed E-state index contributed by atoms with van der Waals surface area (Å²) in [6, 6.07) is 6.46. The number of allylic oxidation sites excluding steroid dienone is 2. The topological polar surface area (TPSA) is 148 Å². The zero-order chi connectivity index (χ0) is 35.1. The van der Waals surface area contributed by atoms with E-state index in [0.717, 1.165) is 39.0 Å². The maximum Gasteiger partial charge on any atom is 0.312 e. The summed E-state index contributed by atoms with van der Waals surface area (Å²) in [4.78, 5) is 60.4. The summed E-state index contributed by atoms with van der Waals surface area (Å²) in [5.74, 6) is -4.29. The Morgan fingerprint density at radius 1 is 0.809 bits per heavy atom. The van der Waals surface area contributed by atoms with Crippen LogP contribution < -0.4 is 10.6 Å². The van der Waals surface area contributed by atoms with Gasteiger partial charge in [-0.3, -0.25) is 24.0 Å². The summed E-state index contributed by atoms with van der Waals surface area (Å²) in [6.45, 7) is 7.38. The van der Waals surface area contributed by atoms with Crippen LogP contribution in [0.1, 0.15) is 136 Å². The number of nitrogens with one attached hydrogen (secondary N) is 2. The molecule has 0 saturated heterocycles. The number of unbranched alkanes of at least 4 members (excludes halogenated alkanes) is 11. The van der Waals surface area contributed by atoms with E-state index in [1.54, 1.807) is 38.1 Å². The summed E-state index contributed by atoms with van der Waals surface area (Å²) in [7, 11) is 0. The number of benzene rings is 1. The molecule has 2 amide bonds. The van der Waals surface area contributed by atoms with Crippen molar-refractivity contribution >= 4 is 35.4 Å². The lowest BCUT2D eigenvalue weighted by Crippen LogP contribution is -2.49. The Kier molecular flexibility index (Phi) is 20.8. The number of carboxylic acid groups (broad SMARTS) is 1. The van der Waals surface area contributed by atoms with E-state index in [9.17, 15) is 29.1 Å². The van der Waals surface area contributed by atoms with Crippen LogP contribution in [0.25, 0.3) is 0 Å². The molecule has 0 aromatic heterocycles. The number of carboxylic acids is 1. The van der Waals surface area contributed by atoms with Gasteiger partial charge in [-0.2, -0.15) is 0 Å². The van der Waals surface area contributed by atoms with Crippen molar-refractivity contribution in [2.75, 3.05) is 18.5 Å². The van der Waals surface area contributed by atoms with Crippen LogP contribution in [-0.2, 0) is 33.4 Å². The zero-order valence-electron chi connectivity index (χ0n) is 29.2. The molecule has 2 atom stereocenters. The maximum absolute atomic E-state index is 13.0. The largest absolute Gasteiger partial charge is 0.481 e. The fraction of sp³-hybridized carbons (Fsp3) is 0.649. The molecule has 0 bridgehead atoms. The van der Waals surface area contributed by atoms with Gasteiger partial charge in [0.05, 0.1) is 5.92 Å². The van der Waals surface area contributed by atoms with Crippen LogP contribution in [0, 0.1) is 5.41 Å². The van der Waals surface area contributed by atoms with Crippen LogP contribution in [-0.4, -0.2) is 54.1 Å². The van der Waals surface area contributed by atoms with Gasteiger partial charge in [0.15, 0.2) is 6.10 Å². The molecule has 0 aliphatic heterocycles. The normalized spacial score (nSPS) is 12.7. The molecule has 1 rings (SSSR count). The molecular weight excluding hydrogens is 600 g/mol. The third kappa shape index (κ3) is 18.9. The van der Waals surface area contributed by atoms with Gasteiger partial charge in [-0.1, -0.05) is 96.4 Å². The van der Waals surface area contributed by atoms with Gasteiger partial charge in [0.2, 0.25) is 5.91 Å². The number of esters is 2. The summed E-state index contributed by atoms with van der Waals surface area (Å²) in [6.07, 6.45) is 19.2. The SMILES string of the molecule is CCCCCCCC/C=C\CCCCCCCC(=O)Nc1ccc(C(CNC(=O)[C@@H](OC(C)=O)C(C)(C)COC(C)=O)C(=O)O)cc1. The second kappa shape index (κ2) is 23.6. The van der Waals surface area contributed by atoms with Crippen LogP contribution in [0.5, 0.6) is 0 Å². The molecule has 264 valence electrons. The number of rotatable bonds is 25. The number of ether oxygens (including phenoxy) is 2. The molecule has 1 aromatic carbocycles. The molecule has 0 heterocycles. The second-order valence-electron chi connectivity index (χ2n) is 12.9. The van der Waals surface area contributed by atoms with Gasteiger partial charge in [0, 0.05) is 37.9 Å². The number of carbonyl (C=O) groups is 5. The van der Waals surface area contributed by atoms with Gasteiger partial charge in [-0.05, 0) is 49.8 Å². The van der Waals surface area contributed by atoms with Gasteiger partial charge in [0.1, 0.15) is 6.61 Å². The van der Waals surface area contributed by atoms with Crippen LogP contribution in [0.4, 0.5) is 5.69 Å². The van der Waals surface area contributed by atoms with Crippen molar-refractivity contribution in [1.29, 1.82) is 0 Å². The number of amides is 2. The molecule has 10 heteroatoms. The molecule has 0 fully saturated rings. The lowest BCUT2D eigenvalue weighted by molar-refractivity contribution is -0.166. The highest BCUT2D eigenvalue weighted by Gasteiger charge is 2.39. The molecule has 0 saturated carbocycles. The number of anilines is 1. The lowest BCUT2D eigenvalue weighted by atomic mass is 9.86. The van der Waals surface area contributed by atoms with E-state index < -0.39 is 41.3 Å². The smallest absolute Gasteiger partial charge is 0.312 e. The number of hydrogen-bond acceptors (Lipinski definition) is 7. The first-order chi connectivity index (χ1) is 22.4. The summed E-state index contributed by atoms with van der Waals surface area (Å²) in [5.41, 5.74) is -0.0811. The van der Waals surface area contributed by atoms with E-state index >= 15 is 0 Å². The first-order valence-corrected chi connectivity index (χ1v) is 17.2. The predicted molar refractivity (Wildman–Crippen MR) is 184 cm³/mol. The first-order valence-electron chi connectivity index (χ1n) is 17.2. The van der Waals surface area contributed by atoms with E-state index in [-0.39, 0.29) is 19.1 Å². The van der Waals surface area contributed by atoms with Crippen LogP contribution in [0.15, 0.2) is 36.4 Å². The van der Waals surface area contributed by atoms with E-state index in [1.165, 1.54) is 58.3 Å². The Bertz CT molecular complexity index is 1130. The van der Waals surface area contributed by atoms with Crippen molar-refractivity contribution in [3.63, 3.8) is 0 Å². The molecular formula is C37H58N2O8. The standard InChI is InChI=1S/C37H58N2O8/c1-6-7-8-9-10-11-12-13-14-15-16-17-18-19-20-21-33(42)39-31-24-22-30(23-25-31)32(36(44)45)26-38-35(43)34(47-29(3)41)37(4,5)27-46-28(2)40/h13-14,22-25,32,34H,6-12,15-21,26-27H2,1-5H3,(H,38,43)(H,39,42)(H,44,45)/b14-13-/t32?,34-/m1/s1. The average Bonchev–Trinajstić information content (AvgIpc) is 3.01. The molecule has 0 aliphatic rings. The van der Waals surface area contributed by atoms with Gasteiger partial charge in [-0.15, -0.1) is 0 Å². The zero-order valence-corrected chi connectivity index (χ0v) is 29.2. The number of carbonyl (C=O) groups excluding carboxylic acids is 4. The highest BCUT2D eigenvalue weighted by atomic mass is 16.6. The predicted octanol–water partition coefficient (Wildman–Crippen LogP) is 7.47. The monoisotopic (exact) mass is 658 g/mol. The molecule has 0 radical (unpaired) electrons. The van der Waals surface area contributed by atoms with E-state index in [2.05, 4.69) is 29.7 Å². The van der Waals surface area contributed by atoms with Crippen molar-refractivity contribution in [3.05, 3.63) is 42.0 Å². The summed E-state index contributed by atoms with van der Waals surface area (Å²) < 4.78 is 10.2. The molecule has 47 heavy (non-hydrogen) atoms. The van der Waals surface area contributed by atoms with Crippen molar-refractivity contribution in [2.24, 2.45) is 5.41 Å². The van der Waals surface area contributed by atoms with Gasteiger partial charge in [0.25, 0.3) is 5.91 Å². The molecule has 1 unspecified atom stereocenters. The Morgan fingerprint density at radius 3 is 1.89 bits per heavy atom. The Morgan fingerprint density at radius 2 is 1.36 bits per heavy atom. The minimum Gasteiger partial charge on any atom is -0.481 e. The average molecular weight is 659 g/mol. The number of aliphatic carboxylic acids is 1. The van der Waals surface area contributed by atoms with Gasteiger partial charge >= 0.3 is 17.9 Å². The molecule has 0 spiro atoms. The van der Waals surface area contributed by atoms with Crippen LogP contribution in [0.2, 0.25) is 0 Å². The molecule has 10 nitrogen and oxygen atoms in total. The van der Waals surface area contributed by atoms with E-state index in [1.807, 2.05) is 0 Å². The summed E-state index contributed by atoms with van der Waals surface area (Å²) >= 11 is 0. The molecule has 0 aliphatic carbocycles. The van der Waals surface area contributed by atoms with Crippen LogP contribution >= 0.6 is 0 Å². The maximum atomic E-state index is 13.0. The highest BCUT2D eigenvalue weighted by Crippen LogP contribution is 2.26. The van der Waals surface area contributed by atoms with Crippen molar-refractivity contribution in [2.45, 2.75) is 137 Å². The molecule has 3 N–H and O–H groups in total. The third-order valence-electron chi connectivity index (χ3n) is 7.92.